The van der Waals surface area contributed by atoms with Gasteiger partial charge in [0.2, 0.25) is 0 Å². The van der Waals surface area contributed by atoms with Crippen molar-refractivity contribution in [3.05, 3.63) is 0 Å². The van der Waals surface area contributed by atoms with Crippen LogP contribution in [0.2, 0.25) is 0 Å². The summed E-state index contributed by atoms with van der Waals surface area (Å²) in [6, 6.07) is -0.808. The lowest BCUT2D eigenvalue weighted by Gasteiger charge is -2.48. The molecular weight excluding hydrogens is 676 g/mol. The van der Waals surface area contributed by atoms with Gasteiger partial charge >= 0.3 is 5.97 Å². The molecule has 52 heavy (non-hydrogen) atoms. The summed E-state index contributed by atoms with van der Waals surface area (Å²) >= 11 is 0. The van der Waals surface area contributed by atoms with Gasteiger partial charge in [-0.25, -0.2) is 0 Å². The number of esters is 1. The van der Waals surface area contributed by atoms with Crippen molar-refractivity contribution < 1.29 is 58.7 Å². The van der Waals surface area contributed by atoms with Gasteiger partial charge in [0, 0.05) is 38.1 Å². The van der Waals surface area contributed by atoms with Crippen molar-refractivity contribution in [1.82, 2.24) is 9.80 Å². The van der Waals surface area contributed by atoms with E-state index in [-0.39, 0.29) is 37.3 Å². The largest absolute Gasteiger partial charge is 0.459 e. The molecule has 0 aliphatic carbocycles. The predicted molar refractivity (Wildman–Crippen MR) is 194 cm³/mol. The zero-order chi connectivity index (χ0) is 39.7. The van der Waals surface area contributed by atoms with Crippen LogP contribution in [-0.4, -0.2) is 166 Å². The summed E-state index contributed by atoms with van der Waals surface area (Å²) in [6.07, 6.45) is -8.19. The Morgan fingerprint density at radius 2 is 1.56 bits per heavy atom. The number of ether oxygens (including phenoxy) is 6. The van der Waals surface area contributed by atoms with Crippen LogP contribution in [0.4, 0.5) is 0 Å². The Bertz CT molecular complexity index is 1140. The number of aliphatic hydroxyl groups is 5. The summed E-state index contributed by atoms with van der Waals surface area (Å²) in [5.41, 5.74) is -4.37. The van der Waals surface area contributed by atoms with Gasteiger partial charge < -0.3 is 63.8 Å². The molecule has 3 saturated heterocycles. The minimum atomic E-state index is -1.80. The minimum absolute atomic E-state index is 0.133. The zero-order valence-electron chi connectivity index (χ0n) is 34.2. The molecule has 18 atom stereocenters. The Kier molecular flexibility index (Phi) is 15.6. The molecule has 0 aromatic carbocycles. The number of cyclic esters (lactones) is 1. The van der Waals surface area contributed by atoms with E-state index in [4.69, 9.17) is 28.4 Å². The average Bonchev–Trinajstić information content (AvgIpc) is 3.05. The maximum absolute atomic E-state index is 14.2. The van der Waals surface area contributed by atoms with Crippen LogP contribution in [0.25, 0.3) is 0 Å². The first-order chi connectivity index (χ1) is 23.9. The van der Waals surface area contributed by atoms with Gasteiger partial charge in [-0.05, 0) is 94.8 Å². The highest BCUT2D eigenvalue weighted by Crippen LogP contribution is 2.40. The molecule has 0 aromatic heterocycles. The quantitative estimate of drug-likeness (QED) is 0.238. The molecule has 3 rings (SSSR count). The van der Waals surface area contributed by atoms with Gasteiger partial charge in [0.25, 0.3) is 0 Å². The second kappa shape index (κ2) is 17.8. The summed E-state index contributed by atoms with van der Waals surface area (Å²) in [4.78, 5) is 18.0. The lowest BCUT2D eigenvalue weighted by Crippen LogP contribution is -2.60. The van der Waals surface area contributed by atoms with Crippen molar-refractivity contribution >= 4 is 5.97 Å². The Morgan fingerprint density at radius 3 is 2.12 bits per heavy atom. The molecule has 0 aromatic rings. The highest BCUT2D eigenvalue weighted by Gasteiger charge is 2.52. The first-order valence-corrected chi connectivity index (χ1v) is 19.1. The standard InChI is InChI=1S/C38H72N2O12/c1-15-27-38(10,46)31(42)24(6)40(13)19-20(2)17-36(8,45)33(52-35-29(41)26(39(11)12)16-21(3)48-35)22(4)30(23(5)34(44)50-27)51-28-18-37(9,47-14)32(43)25(7)49-28/h20-33,35,41-43,45-46H,15-19H2,1-14H3/t20?,21-,22+,23-,24?,25+,26+,27-,28+,29-,30+,31?,32+,33?,35+,36?,37-,38?/m1/s1. The summed E-state index contributed by atoms with van der Waals surface area (Å²) in [7, 11) is 7.12. The lowest BCUT2D eigenvalue weighted by molar-refractivity contribution is -0.318. The molecular formula is C38H72N2O12. The number of carbonyl (C=O) groups is 1. The monoisotopic (exact) mass is 749 g/mol. The number of hydrogen-bond acceptors (Lipinski definition) is 14. The summed E-state index contributed by atoms with van der Waals surface area (Å²) in [5.74, 6) is -2.58. The molecule has 0 radical (unpaired) electrons. The number of hydrogen-bond donors (Lipinski definition) is 5. The Balaban J connectivity index is 2.17. The maximum Gasteiger partial charge on any atom is 0.311 e. The molecule has 14 nitrogen and oxygen atoms in total. The fraction of sp³-hybridized carbons (Fsp3) is 0.974. The highest BCUT2D eigenvalue weighted by atomic mass is 16.7. The number of rotatable bonds is 7. The Morgan fingerprint density at radius 1 is 0.942 bits per heavy atom. The molecule has 3 aliphatic heterocycles. The molecule has 0 bridgehead atoms. The molecule has 3 fully saturated rings. The molecule has 6 unspecified atom stereocenters. The van der Waals surface area contributed by atoms with E-state index in [1.165, 1.54) is 14.0 Å². The van der Waals surface area contributed by atoms with Crippen LogP contribution in [0, 0.1) is 17.8 Å². The highest BCUT2D eigenvalue weighted by molar-refractivity contribution is 5.73. The number of methoxy groups -OCH3 is 1. The topological polar surface area (TPSA) is 180 Å². The van der Waals surface area contributed by atoms with E-state index in [1.807, 2.05) is 51.7 Å². The second-order valence-electron chi connectivity index (χ2n) is 17.2. The average molecular weight is 749 g/mol. The van der Waals surface area contributed by atoms with Crippen LogP contribution in [-0.2, 0) is 33.2 Å². The first kappa shape index (κ1) is 45.4. The molecule has 14 heteroatoms. The van der Waals surface area contributed by atoms with Crippen LogP contribution in [0.1, 0.15) is 94.9 Å². The van der Waals surface area contributed by atoms with E-state index >= 15 is 0 Å². The fourth-order valence-corrected chi connectivity index (χ4v) is 8.74. The summed E-state index contributed by atoms with van der Waals surface area (Å²) in [5, 5.41) is 58.1. The van der Waals surface area contributed by atoms with Crippen molar-refractivity contribution in [3.63, 3.8) is 0 Å². The van der Waals surface area contributed by atoms with Crippen LogP contribution in [0.3, 0.4) is 0 Å². The third-order valence-corrected chi connectivity index (χ3v) is 12.2. The van der Waals surface area contributed by atoms with Crippen LogP contribution < -0.4 is 0 Å². The van der Waals surface area contributed by atoms with Crippen molar-refractivity contribution in [2.75, 3.05) is 34.8 Å². The van der Waals surface area contributed by atoms with Crippen molar-refractivity contribution in [2.24, 2.45) is 17.8 Å². The van der Waals surface area contributed by atoms with Gasteiger partial charge in [-0.3, -0.25) is 4.79 Å². The number of aliphatic hydroxyl groups excluding tert-OH is 3. The van der Waals surface area contributed by atoms with E-state index in [0.29, 0.717) is 13.0 Å². The molecule has 0 amide bonds. The van der Waals surface area contributed by atoms with Gasteiger partial charge in [-0.15, -0.1) is 0 Å². The second-order valence-corrected chi connectivity index (χ2v) is 17.2. The maximum atomic E-state index is 14.2. The molecule has 3 aliphatic rings. The smallest absolute Gasteiger partial charge is 0.311 e. The number of nitrogens with zero attached hydrogens (tertiary/aromatic N) is 2. The van der Waals surface area contributed by atoms with Gasteiger partial charge in [0.1, 0.15) is 30.0 Å². The molecule has 3 heterocycles. The molecule has 0 saturated carbocycles. The summed E-state index contributed by atoms with van der Waals surface area (Å²) in [6.45, 7) is 18.0. The van der Waals surface area contributed by atoms with Crippen LogP contribution in [0.15, 0.2) is 0 Å². The minimum Gasteiger partial charge on any atom is -0.459 e. The van der Waals surface area contributed by atoms with Crippen molar-refractivity contribution in [3.8, 4) is 0 Å². The fourth-order valence-electron chi connectivity index (χ4n) is 8.74. The number of carbonyl (C=O) groups excluding carboxylic acids is 1. The SMILES string of the molecule is CC[C@H]1OC(=O)[C@H](C)[C@@H](O[C@H]2C[C@@](C)(OC)[C@@H](O)[C@H](C)O2)[C@H](C)C(O[C@@H]2O[C@H](C)C[C@H](N(C)C)[C@H]2O)C(C)(O)CC(C)CN(C)C(C)C(O)C1(C)O. The van der Waals surface area contributed by atoms with E-state index in [9.17, 15) is 30.3 Å². The van der Waals surface area contributed by atoms with Gasteiger partial charge in [0.15, 0.2) is 12.6 Å². The third-order valence-electron chi connectivity index (χ3n) is 12.2. The zero-order valence-corrected chi connectivity index (χ0v) is 34.2. The molecule has 5 N–H and O–H groups in total. The van der Waals surface area contributed by atoms with E-state index in [1.54, 1.807) is 41.5 Å². The van der Waals surface area contributed by atoms with Gasteiger partial charge in [-0.1, -0.05) is 20.8 Å². The lowest BCUT2D eigenvalue weighted by atomic mass is 9.77. The predicted octanol–water partition coefficient (Wildman–Crippen LogP) is 1.90. The van der Waals surface area contributed by atoms with E-state index in [0.717, 1.165) is 0 Å². The van der Waals surface area contributed by atoms with Crippen LogP contribution in [0.5, 0.6) is 0 Å². The first-order valence-electron chi connectivity index (χ1n) is 19.1. The Labute approximate surface area is 312 Å². The molecule has 0 spiro atoms. The van der Waals surface area contributed by atoms with Crippen LogP contribution >= 0.6 is 0 Å². The number of likely N-dealkylation sites (N-methyl/N-ethyl adjacent to an activating group) is 2. The normalized spacial score (nSPS) is 49.6. The van der Waals surface area contributed by atoms with Gasteiger partial charge in [-0.2, -0.15) is 0 Å². The van der Waals surface area contributed by atoms with E-state index < -0.39 is 96.0 Å². The molecule has 306 valence electrons. The van der Waals surface area contributed by atoms with Gasteiger partial charge in [0.05, 0.1) is 41.5 Å². The summed E-state index contributed by atoms with van der Waals surface area (Å²) < 4.78 is 37.5. The van der Waals surface area contributed by atoms with E-state index in [2.05, 4.69) is 0 Å². The third kappa shape index (κ3) is 10.0. The Hall–Kier alpha value is -1.01. The van der Waals surface area contributed by atoms with Crippen molar-refractivity contribution in [1.29, 1.82) is 0 Å². The van der Waals surface area contributed by atoms with Crippen molar-refractivity contribution in [2.45, 2.75) is 185 Å².